The molecule has 8 heteroatoms. The van der Waals surface area contributed by atoms with E-state index in [9.17, 15) is 22.0 Å². The van der Waals surface area contributed by atoms with Crippen LogP contribution in [0.5, 0.6) is 0 Å². The zero-order valence-electron chi connectivity index (χ0n) is 16.5. The second kappa shape index (κ2) is 8.43. The van der Waals surface area contributed by atoms with Crippen LogP contribution < -0.4 is 0 Å². The molecule has 1 aliphatic carbocycles. The Balaban J connectivity index is 1.42. The van der Waals surface area contributed by atoms with Crippen molar-refractivity contribution in [2.75, 3.05) is 13.1 Å². The van der Waals surface area contributed by atoms with Crippen LogP contribution >= 0.6 is 0 Å². The molecule has 1 heterocycles. The first-order chi connectivity index (χ1) is 14.4. The molecule has 1 saturated carbocycles. The summed E-state index contributed by atoms with van der Waals surface area (Å²) in [5.41, 5.74) is 0.745. The van der Waals surface area contributed by atoms with Crippen LogP contribution in [-0.4, -0.2) is 42.7 Å². The van der Waals surface area contributed by atoms with Crippen LogP contribution in [0.4, 0.5) is 8.78 Å². The lowest BCUT2D eigenvalue weighted by atomic mass is 9.96. The van der Waals surface area contributed by atoms with Crippen molar-refractivity contribution in [3.63, 3.8) is 0 Å². The van der Waals surface area contributed by atoms with E-state index >= 15 is 0 Å². The summed E-state index contributed by atoms with van der Waals surface area (Å²) in [4.78, 5) is 14.6. The Labute approximate surface area is 175 Å². The van der Waals surface area contributed by atoms with E-state index in [0.29, 0.717) is 19.4 Å². The Hall–Kier alpha value is -2.32. The van der Waals surface area contributed by atoms with Crippen molar-refractivity contribution in [2.24, 2.45) is 5.92 Å². The molecule has 5 nitrogen and oxygen atoms in total. The smallest absolute Gasteiger partial charge is 0.245 e. The van der Waals surface area contributed by atoms with E-state index in [1.165, 1.54) is 34.6 Å². The fraction of sp³-hybridized carbons (Fsp3) is 0.409. The van der Waals surface area contributed by atoms with Crippen LogP contribution in [0.2, 0.25) is 0 Å². The first kappa shape index (κ1) is 20.9. The number of nitrogens with zero attached hydrogens (tertiary/aromatic N) is 2. The number of amides is 1. The highest BCUT2D eigenvalue weighted by Crippen LogP contribution is 2.33. The van der Waals surface area contributed by atoms with E-state index in [-0.39, 0.29) is 41.7 Å². The zero-order valence-corrected chi connectivity index (χ0v) is 17.3. The molecule has 0 N–H and O–H groups in total. The summed E-state index contributed by atoms with van der Waals surface area (Å²) < 4.78 is 54.3. The average molecular weight is 435 g/mol. The second-order valence-corrected chi connectivity index (χ2v) is 9.84. The highest BCUT2D eigenvalue weighted by molar-refractivity contribution is 7.89. The van der Waals surface area contributed by atoms with E-state index in [2.05, 4.69) is 0 Å². The van der Waals surface area contributed by atoms with E-state index < -0.39 is 15.8 Å². The molecule has 30 heavy (non-hydrogen) atoms. The van der Waals surface area contributed by atoms with Crippen molar-refractivity contribution in [3.8, 4) is 0 Å². The van der Waals surface area contributed by atoms with Crippen molar-refractivity contribution >= 4 is 15.9 Å². The molecule has 1 aliphatic heterocycles. The molecule has 0 aromatic heterocycles. The lowest BCUT2D eigenvalue weighted by Gasteiger charge is -2.34. The van der Waals surface area contributed by atoms with Crippen LogP contribution in [0.3, 0.4) is 0 Å². The average Bonchev–Trinajstić information content (AvgIpc) is 3.57. The predicted molar refractivity (Wildman–Crippen MR) is 108 cm³/mol. The van der Waals surface area contributed by atoms with Gasteiger partial charge in [-0.2, -0.15) is 4.31 Å². The normalized spacial score (nSPS) is 18.3. The molecule has 0 atom stereocenters. The van der Waals surface area contributed by atoms with Gasteiger partial charge in [0.25, 0.3) is 0 Å². The maximum Gasteiger partial charge on any atom is 0.245 e. The Morgan fingerprint density at radius 3 is 2.33 bits per heavy atom. The molecule has 4 rings (SSSR count). The van der Waals surface area contributed by atoms with Gasteiger partial charge in [0.05, 0.1) is 0 Å². The van der Waals surface area contributed by atoms with E-state index in [1.54, 1.807) is 17.0 Å². The molecular formula is C22H24F2N2O3S. The second-order valence-electron chi connectivity index (χ2n) is 7.94. The molecule has 0 spiro atoms. The molecule has 2 aromatic carbocycles. The van der Waals surface area contributed by atoms with Gasteiger partial charge < -0.3 is 4.90 Å². The van der Waals surface area contributed by atoms with Gasteiger partial charge >= 0.3 is 0 Å². The monoisotopic (exact) mass is 434 g/mol. The van der Waals surface area contributed by atoms with Gasteiger partial charge in [-0.3, -0.25) is 4.79 Å². The quantitative estimate of drug-likeness (QED) is 0.699. The number of piperidine rings is 1. The standard InChI is InChI=1S/C22H24F2N2O3S/c23-18-5-3-4-16(14-18)15-26(19-8-9-19)22(27)17-10-12-25(13-11-17)30(28,29)21-7-2-1-6-20(21)24/h1-7,14,17,19H,8-13,15H2. The third-order valence-electron chi connectivity index (χ3n) is 5.77. The first-order valence-corrected chi connectivity index (χ1v) is 11.6. The summed E-state index contributed by atoms with van der Waals surface area (Å²) >= 11 is 0. The molecule has 2 fully saturated rings. The Morgan fingerprint density at radius 1 is 1.00 bits per heavy atom. The maximum atomic E-state index is 14.0. The summed E-state index contributed by atoms with van der Waals surface area (Å²) in [5, 5.41) is 0. The van der Waals surface area contributed by atoms with Gasteiger partial charge in [0.15, 0.2) is 0 Å². The summed E-state index contributed by atoms with van der Waals surface area (Å²) in [6.45, 7) is 0.700. The van der Waals surface area contributed by atoms with Crippen molar-refractivity contribution in [1.82, 2.24) is 9.21 Å². The van der Waals surface area contributed by atoms with E-state index in [0.717, 1.165) is 24.5 Å². The van der Waals surface area contributed by atoms with Gasteiger partial charge in [-0.05, 0) is 55.5 Å². The highest BCUT2D eigenvalue weighted by atomic mass is 32.2. The number of carbonyl (C=O) groups is 1. The Bertz CT molecular complexity index is 1030. The summed E-state index contributed by atoms with van der Waals surface area (Å²) in [7, 11) is -3.93. The third-order valence-corrected chi connectivity index (χ3v) is 7.70. The number of halogens is 2. The number of sulfonamides is 1. The molecule has 160 valence electrons. The summed E-state index contributed by atoms with van der Waals surface area (Å²) in [6, 6.07) is 11.7. The molecule has 0 unspecified atom stereocenters. The van der Waals surface area contributed by atoms with Gasteiger partial charge in [0.1, 0.15) is 16.5 Å². The number of carbonyl (C=O) groups excluding carboxylic acids is 1. The number of rotatable bonds is 6. The molecule has 1 amide bonds. The molecule has 0 bridgehead atoms. The molecular weight excluding hydrogens is 410 g/mol. The fourth-order valence-electron chi connectivity index (χ4n) is 3.98. The maximum absolute atomic E-state index is 14.0. The van der Waals surface area contributed by atoms with Gasteiger partial charge in [0.2, 0.25) is 15.9 Å². The molecule has 1 saturated heterocycles. The van der Waals surface area contributed by atoms with Gasteiger partial charge in [-0.25, -0.2) is 17.2 Å². The number of hydrogen-bond acceptors (Lipinski definition) is 3. The lowest BCUT2D eigenvalue weighted by Crippen LogP contribution is -2.45. The first-order valence-electron chi connectivity index (χ1n) is 10.2. The zero-order chi connectivity index (χ0) is 21.3. The topological polar surface area (TPSA) is 57.7 Å². The Kier molecular flexibility index (Phi) is 5.88. The molecule has 2 aliphatic rings. The minimum absolute atomic E-state index is 0.00954. The van der Waals surface area contributed by atoms with Crippen molar-refractivity contribution in [2.45, 2.75) is 43.2 Å². The molecule has 2 aromatic rings. The van der Waals surface area contributed by atoms with Crippen LogP contribution in [0.15, 0.2) is 53.4 Å². The van der Waals surface area contributed by atoms with Crippen LogP contribution in [0.25, 0.3) is 0 Å². The predicted octanol–water partition coefficient (Wildman–Crippen LogP) is 3.56. The highest BCUT2D eigenvalue weighted by Gasteiger charge is 2.39. The largest absolute Gasteiger partial charge is 0.335 e. The van der Waals surface area contributed by atoms with Crippen molar-refractivity contribution in [1.29, 1.82) is 0 Å². The van der Waals surface area contributed by atoms with Crippen LogP contribution in [0.1, 0.15) is 31.2 Å². The van der Waals surface area contributed by atoms with E-state index in [4.69, 9.17) is 0 Å². The minimum Gasteiger partial charge on any atom is -0.335 e. The van der Waals surface area contributed by atoms with Crippen LogP contribution in [-0.2, 0) is 21.4 Å². The van der Waals surface area contributed by atoms with E-state index in [1.807, 2.05) is 0 Å². The minimum atomic E-state index is -3.93. The van der Waals surface area contributed by atoms with Gasteiger partial charge in [-0.1, -0.05) is 24.3 Å². The van der Waals surface area contributed by atoms with Crippen molar-refractivity contribution < 1.29 is 22.0 Å². The van der Waals surface area contributed by atoms with Gasteiger partial charge in [-0.15, -0.1) is 0 Å². The van der Waals surface area contributed by atoms with Gasteiger partial charge in [0, 0.05) is 31.6 Å². The van der Waals surface area contributed by atoms with Crippen LogP contribution in [0, 0.1) is 17.6 Å². The Morgan fingerprint density at radius 2 is 1.70 bits per heavy atom. The lowest BCUT2D eigenvalue weighted by molar-refractivity contribution is -0.138. The third kappa shape index (κ3) is 4.39. The summed E-state index contributed by atoms with van der Waals surface area (Å²) in [6.07, 6.45) is 2.64. The number of hydrogen-bond donors (Lipinski definition) is 0. The molecule has 0 radical (unpaired) electrons. The van der Waals surface area contributed by atoms with Crippen molar-refractivity contribution in [3.05, 3.63) is 65.7 Å². The SMILES string of the molecule is O=C(C1CCN(S(=O)(=O)c2ccccc2F)CC1)N(Cc1cccc(F)c1)C1CC1. The number of benzene rings is 2. The summed E-state index contributed by atoms with van der Waals surface area (Å²) in [5.74, 6) is -1.40. The fourth-order valence-corrected chi connectivity index (χ4v) is 5.51.